The van der Waals surface area contributed by atoms with Gasteiger partial charge in [0.2, 0.25) is 5.91 Å². The molecule has 106 valence electrons. The Hall–Kier alpha value is -1.34. The zero-order valence-corrected chi connectivity index (χ0v) is 11.0. The lowest BCUT2D eigenvalue weighted by Crippen LogP contribution is -2.44. The normalized spacial score (nSPS) is 13.4. The number of methoxy groups -OCH3 is 1. The molecule has 0 aliphatic rings. The van der Waals surface area contributed by atoms with Crippen LogP contribution in [-0.4, -0.2) is 60.4 Å². The van der Waals surface area contributed by atoms with Crippen LogP contribution in [0.3, 0.4) is 0 Å². The number of carbonyl (C=O) groups excluding carboxylic acids is 1. The highest BCUT2D eigenvalue weighted by Crippen LogP contribution is 2.11. The first-order valence-corrected chi connectivity index (χ1v) is 5.98. The van der Waals surface area contributed by atoms with Crippen LogP contribution in [0.4, 0.5) is 0 Å². The van der Waals surface area contributed by atoms with Crippen LogP contribution in [0.25, 0.3) is 0 Å². The van der Waals surface area contributed by atoms with Gasteiger partial charge in [0, 0.05) is 20.2 Å². The Labute approximate surface area is 107 Å². The number of hydrogen-bond donors (Lipinski definition) is 3. The molecule has 0 saturated carbocycles. The first-order valence-electron chi connectivity index (χ1n) is 5.98. The minimum atomic E-state index is -0.650. The van der Waals surface area contributed by atoms with Gasteiger partial charge in [-0.25, -0.2) is 0 Å². The zero-order chi connectivity index (χ0) is 14.0. The summed E-state index contributed by atoms with van der Waals surface area (Å²) in [7, 11) is 1.54. The maximum absolute atomic E-state index is 12.2. The molecule has 7 nitrogen and oxygen atoms in total. The van der Waals surface area contributed by atoms with E-state index in [4.69, 9.17) is 20.8 Å². The highest BCUT2D eigenvalue weighted by molar-refractivity contribution is 6.02. The molecule has 0 aliphatic heterocycles. The molecule has 7 heteroatoms. The Bertz CT molecular complexity index is 271. The summed E-state index contributed by atoms with van der Waals surface area (Å²) in [6, 6.07) is 0. The number of ether oxygens (including phenoxy) is 1. The van der Waals surface area contributed by atoms with E-state index in [0.29, 0.717) is 19.6 Å². The number of aliphatic hydroxyl groups is 1. The Morgan fingerprint density at radius 1 is 1.50 bits per heavy atom. The number of hydrogen-bond acceptors (Lipinski definition) is 5. The minimum absolute atomic E-state index is 0.0952. The van der Waals surface area contributed by atoms with Crippen molar-refractivity contribution in [2.45, 2.75) is 19.8 Å². The summed E-state index contributed by atoms with van der Waals surface area (Å²) in [4.78, 5) is 13.7. The number of nitrogens with zero attached hydrogens (tertiary/aromatic N) is 2. The average Bonchev–Trinajstić information content (AvgIpc) is 2.39. The van der Waals surface area contributed by atoms with Crippen molar-refractivity contribution in [1.82, 2.24) is 4.90 Å². The molecule has 0 aromatic rings. The lowest BCUT2D eigenvalue weighted by Gasteiger charge is -2.25. The number of amidine groups is 1. The van der Waals surface area contributed by atoms with Crippen LogP contribution in [0.1, 0.15) is 19.8 Å². The summed E-state index contributed by atoms with van der Waals surface area (Å²) >= 11 is 0. The number of rotatable bonds is 9. The summed E-state index contributed by atoms with van der Waals surface area (Å²) in [6.07, 6.45) is 1.24. The van der Waals surface area contributed by atoms with Crippen LogP contribution < -0.4 is 5.73 Å². The molecule has 0 saturated heterocycles. The summed E-state index contributed by atoms with van der Waals surface area (Å²) in [5.41, 5.74) is 5.53. The molecule has 0 bridgehead atoms. The lowest BCUT2D eigenvalue weighted by molar-refractivity contribution is -0.134. The molecule has 1 amide bonds. The molecule has 0 heterocycles. The molecular weight excluding hydrogens is 238 g/mol. The van der Waals surface area contributed by atoms with Crippen molar-refractivity contribution < 1.29 is 19.8 Å². The average molecular weight is 261 g/mol. The largest absolute Gasteiger partial charge is 0.409 e. The van der Waals surface area contributed by atoms with Crippen molar-refractivity contribution >= 4 is 11.7 Å². The van der Waals surface area contributed by atoms with Crippen LogP contribution in [0.15, 0.2) is 5.16 Å². The maximum Gasteiger partial charge on any atom is 0.233 e. The minimum Gasteiger partial charge on any atom is -0.409 e. The molecule has 1 atom stereocenters. The third-order valence-electron chi connectivity index (χ3n) is 2.59. The molecule has 4 N–H and O–H groups in total. The van der Waals surface area contributed by atoms with Crippen molar-refractivity contribution in [3.05, 3.63) is 0 Å². The van der Waals surface area contributed by atoms with Gasteiger partial charge in [0.25, 0.3) is 0 Å². The highest BCUT2D eigenvalue weighted by Gasteiger charge is 2.26. The molecular formula is C11H23N3O4. The Morgan fingerprint density at radius 3 is 2.61 bits per heavy atom. The molecule has 0 radical (unpaired) electrons. The summed E-state index contributed by atoms with van der Waals surface area (Å²) in [5.74, 6) is -0.996. The van der Waals surface area contributed by atoms with Crippen molar-refractivity contribution in [2.24, 2.45) is 16.8 Å². The molecule has 0 spiro atoms. The molecule has 0 aromatic heterocycles. The van der Waals surface area contributed by atoms with Gasteiger partial charge in [0.15, 0.2) is 5.84 Å². The number of aliphatic hydroxyl groups excluding tert-OH is 1. The fourth-order valence-corrected chi connectivity index (χ4v) is 1.63. The first-order chi connectivity index (χ1) is 8.62. The predicted molar refractivity (Wildman–Crippen MR) is 67.3 cm³/mol. The van der Waals surface area contributed by atoms with Crippen LogP contribution in [0.5, 0.6) is 0 Å². The second-order valence-corrected chi connectivity index (χ2v) is 3.91. The number of amides is 1. The van der Waals surface area contributed by atoms with Gasteiger partial charge >= 0.3 is 0 Å². The van der Waals surface area contributed by atoms with Crippen molar-refractivity contribution in [3.63, 3.8) is 0 Å². The molecule has 18 heavy (non-hydrogen) atoms. The van der Waals surface area contributed by atoms with Gasteiger partial charge in [-0.3, -0.25) is 4.79 Å². The van der Waals surface area contributed by atoms with E-state index in [2.05, 4.69) is 5.16 Å². The molecule has 1 unspecified atom stereocenters. The molecule has 0 rings (SSSR count). The van der Waals surface area contributed by atoms with Gasteiger partial charge in [-0.1, -0.05) is 18.5 Å². The number of oxime groups is 1. The Kier molecular flexibility index (Phi) is 8.95. The summed E-state index contributed by atoms with van der Waals surface area (Å²) in [5, 5.41) is 20.5. The maximum atomic E-state index is 12.2. The van der Waals surface area contributed by atoms with E-state index in [-0.39, 0.29) is 24.9 Å². The second-order valence-electron chi connectivity index (χ2n) is 3.91. The van der Waals surface area contributed by atoms with Crippen molar-refractivity contribution in [2.75, 3.05) is 33.4 Å². The smallest absolute Gasteiger partial charge is 0.233 e. The SMILES string of the molecule is CCCC(C(=O)N(CCO)CCOC)C(N)=NO. The number of nitrogens with two attached hydrogens (primary N) is 1. The van der Waals surface area contributed by atoms with Gasteiger partial charge in [0.05, 0.1) is 19.1 Å². The zero-order valence-electron chi connectivity index (χ0n) is 11.0. The number of carbonyl (C=O) groups is 1. The quantitative estimate of drug-likeness (QED) is 0.227. The fraction of sp³-hybridized carbons (Fsp3) is 0.818. The summed E-state index contributed by atoms with van der Waals surface area (Å²) < 4.78 is 4.91. The Morgan fingerprint density at radius 2 is 2.17 bits per heavy atom. The standard InChI is InChI=1S/C11H23N3O4/c1-3-4-9(10(12)13-17)11(16)14(5-7-15)6-8-18-2/h9,15,17H,3-8H2,1-2H3,(H2,12,13). The van der Waals surface area contributed by atoms with Crippen molar-refractivity contribution in [1.29, 1.82) is 0 Å². The van der Waals surface area contributed by atoms with Gasteiger partial charge in [0.1, 0.15) is 0 Å². The monoisotopic (exact) mass is 261 g/mol. The van der Waals surface area contributed by atoms with E-state index in [1.165, 1.54) is 12.0 Å². The highest BCUT2D eigenvalue weighted by atomic mass is 16.5. The second kappa shape index (κ2) is 9.67. The molecule has 0 aromatic carbocycles. The van der Waals surface area contributed by atoms with Crippen LogP contribution >= 0.6 is 0 Å². The summed E-state index contributed by atoms with van der Waals surface area (Å²) in [6.45, 7) is 2.73. The van der Waals surface area contributed by atoms with E-state index in [1.54, 1.807) is 0 Å². The van der Waals surface area contributed by atoms with Crippen LogP contribution in [0.2, 0.25) is 0 Å². The van der Waals surface area contributed by atoms with Crippen LogP contribution in [0, 0.1) is 5.92 Å². The van der Waals surface area contributed by atoms with E-state index in [9.17, 15) is 4.79 Å². The van der Waals surface area contributed by atoms with Gasteiger partial charge in [-0.15, -0.1) is 0 Å². The van der Waals surface area contributed by atoms with Crippen molar-refractivity contribution in [3.8, 4) is 0 Å². The molecule has 0 aliphatic carbocycles. The third kappa shape index (κ3) is 5.33. The van der Waals surface area contributed by atoms with Gasteiger partial charge in [-0.05, 0) is 6.42 Å². The Balaban J connectivity index is 4.75. The lowest BCUT2D eigenvalue weighted by atomic mass is 10.0. The molecule has 0 fully saturated rings. The third-order valence-corrected chi connectivity index (χ3v) is 2.59. The fourth-order valence-electron chi connectivity index (χ4n) is 1.63. The van der Waals surface area contributed by atoms with Crippen LogP contribution in [-0.2, 0) is 9.53 Å². The first kappa shape index (κ1) is 16.7. The van der Waals surface area contributed by atoms with Gasteiger partial charge in [-0.2, -0.15) is 0 Å². The topological polar surface area (TPSA) is 108 Å². The van der Waals surface area contributed by atoms with E-state index < -0.39 is 5.92 Å². The van der Waals surface area contributed by atoms with E-state index in [1.807, 2.05) is 6.92 Å². The van der Waals surface area contributed by atoms with Gasteiger partial charge < -0.3 is 25.7 Å². The predicted octanol–water partition coefficient (Wildman–Crippen LogP) is -0.384. The van der Waals surface area contributed by atoms with E-state index in [0.717, 1.165) is 6.42 Å². The van der Waals surface area contributed by atoms with E-state index >= 15 is 0 Å².